The van der Waals surface area contributed by atoms with Gasteiger partial charge in [0.15, 0.2) is 5.96 Å². The molecule has 6 nitrogen and oxygen atoms in total. The predicted octanol–water partition coefficient (Wildman–Crippen LogP) is 3.01. The first-order chi connectivity index (χ1) is 11.6. The Kier molecular flexibility index (Phi) is 13.9. The fourth-order valence-electron chi connectivity index (χ4n) is 2.72. The highest BCUT2D eigenvalue weighted by atomic mass is 127. The molecule has 1 atom stereocenters. The van der Waals surface area contributed by atoms with Gasteiger partial charge < -0.3 is 20.3 Å². The van der Waals surface area contributed by atoms with Crippen molar-refractivity contribution in [2.24, 2.45) is 16.8 Å². The van der Waals surface area contributed by atoms with Crippen LogP contribution < -0.4 is 10.6 Å². The second-order valence-electron chi connectivity index (χ2n) is 6.63. The van der Waals surface area contributed by atoms with Crippen molar-refractivity contribution in [3.8, 4) is 0 Å². The van der Waals surface area contributed by atoms with Crippen molar-refractivity contribution < 1.29 is 5.11 Å². The Hall–Kier alpha value is -0.830. The molecule has 1 aromatic heterocycles. The van der Waals surface area contributed by atoms with Gasteiger partial charge in [0.25, 0.3) is 0 Å². The highest BCUT2D eigenvalue weighted by molar-refractivity contribution is 14.0. The van der Waals surface area contributed by atoms with Crippen LogP contribution in [0.2, 0.25) is 0 Å². The van der Waals surface area contributed by atoms with Crippen molar-refractivity contribution in [1.82, 2.24) is 20.2 Å². The molecule has 1 rings (SSSR count). The third-order valence-corrected chi connectivity index (χ3v) is 3.88. The van der Waals surface area contributed by atoms with Gasteiger partial charge in [0.1, 0.15) is 12.4 Å². The minimum Gasteiger partial charge on any atom is -0.396 e. The fourth-order valence-corrected chi connectivity index (χ4v) is 2.72. The lowest BCUT2D eigenvalue weighted by molar-refractivity contribution is 0.251. The van der Waals surface area contributed by atoms with Crippen molar-refractivity contribution in [2.75, 3.05) is 19.7 Å². The number of nitrogens with zero attached hydrogens (tertiary/aromatic N) is 3. The Labute approximate surface area is 169 Å². The van der Waals surface area contributed by atoms with Crippen molar-refractivity contribution in [2.45, 2.75) is 60.0 Å². The van der Waals surface area contributed by atoms with E-state index in [4.69, 9.17) is 0 Å². The molecule has 0 spiro atoms. The Morgan fingerprint density at radius 1 is 1.28 bits per heavy atom. The Morgan fingerprint density at radius 2 is 2.04 bits per heavy atom. The molecule has 0 bridgehead atoms. The summed E-state index contributed by atoms with van der Waals surface area (Å²) in [4.78, 5) is 9.09. The van der Waals surface area contributed by atoms with Gasteiger partial charge in [-0.15, -0.1) is 24.0 Å². The van der Waals surface area contributed by atoms with Crippen molar-refractivity contribution in [3.05, 3.63) is 18.2 Å². The molecule has 146 valence electrons. The molecule has 1 heterocycles. The number of aliphatic imine (C=N–C) groups is 1. The number of halogens is 1. The maximum atomic E-state index is 9.18. The fraction of sp³-hybridized carbons (Fsp3) is 0.778. The molecule has 0 saturated carbocycles. The van der Waals surface area contributed by atoms with Gasteiger partial charge in [-0.25, -0.2) is 9.98 Å². The quantitative estimate of drug-likeness (QED) is 0.267. The van der Waals surface area contributed by atoms with E-state index in [0.717, 1.165) is 50.7 Å². The zero-order chi connectivity index (χ0) is 17.8. The van der Waals surface area contributed by atoms with E-state index in [0.29, 0.717) is 18.4 Å². The molecule has 1 aromatic rings. The zero-order valence-electron chi connectivity index (χ0n) is 16.2. The first kappa shape index (κ1) is 24.2. The summed E-state index contributed by atoms with van der Waals surface area (Å²) in [5.41, 5.74) is 0. The molecule has 0 aliphatic heterocycles. The maximum Gasteiger partial charge on any atom is 0.191 e. The molecule has 0 fully saturated rings. The smallest absolute Gasteiger partial charge is 0.191 e. The van der Waals surface area contributed by atoms with Gasteiger partial charge >= 0.3 is 0 Å². The molecule has 3 N–H and O–H groups in total. The summed E-state index contributed by atoms with van der Waals surface area (Å²) >= 11 is 0. The number of imidazole rings is 1. The lowest BCUT2D eigenvalue weighted by atomic mass is 10.0. The van der Waals surface area contributed by atoms with Crippen LogP contribution in [-0.4, -0.2) is 40.3 Å². The van der Waals surface area contributed by atoms with Gasteiger partial charge in [-0.1, -0.05) is 27.2 Å². The van der Waals surface area contributed by atoms with Gasteiger partial charge in [-0.2, -0.15) is 0 Å². The molecular formula is C18H36IN5O. The first-order valence-corrected chi connectivity index (χ1v) is 9.23. The Balaban J connectivity index is 0.00000576. The summed E-state index contributed by atoms with van der Waals surface area (Å²) in [6.07, 6.45) is 6.94. The average Bonchev–Trinajstić information content (AvgIpc) is 2.96. The zero-order valence-corrected chi connectivity index (χ0v) is 18.5. The lowest BCUT2D eigenvalue weighted by Gasteiger charge is -2.18. The lowest BCUT2D eigenvalue weighted by Crippen LogP contribution is -2.40. The van der Waals surface area contributed by atoms with Gasteiger partial charge in [0, 0.05) is 38.6 Å². The predicted molar refractivity (Wildman–Crippen MR) is 115 cm³/mol. The van der Waals surface area contributed by atoms with Crippen LogP contribution in [0.3, 0.4) is 0 Å². The van der Waals surface area contributed by atoms with E-state index in [1.54, 1.807) is 0 Å². The molecule has 0 amide bonds. The molecule has 7 heteroatoms. The van der Waals surface area contributed by atoms with Crippen LogP contribution in [0.15, 0.2) is 17.4 Å². The summed E-state index contributed by atoms with van der Waals surface area (Å²) in [7, 11) is 0. The van der Waals surface area contributed by atoms with Gasteiger partial charge in [-0.05, 0) is 31.6 Å². The average molecular weight is 465 g/mol. The van der Waals surface area contributed by atoms with Gasteiger partial charge in [0.2, 0.25) is 0 Å². The van der Waals surface area contributed by atoms with E-state index in [9.17, 15) is 5.11 Å². The normalized spacial score (nSPS) is 12.8. The number of hydrogen-bond acceptors (Lipinski definition) is 3. The summed E-state index contributed by atoms with van der Waals surface area (Å²) in [5, 5.41) is 15.9. The van der Waals surface area contributed by atoms with E-state index >= 15 is 0 Å². The first-order valence-electron chi connectivity index (χ1n) is 9.23. The number of rotatable bonds is 11. The molecular weight excluding hydrogens is 429 g/mol. The van der Waals surface area contributed by atoms with Crippen LogP contribution >= 0.6 is 24.0 Å². The monoisotopic (exact) mass is 465 g/mol. The van der Waals surface area contributed by atoms with E-state index in [2.05, 4.69) is 52.9 Å². The summed E-state index contributed by atoms with van der Waals surface area (Å²) < 4.78 is 2.17. The highest BCUT2D eigenvalue weighted by Gasteiger charge is 2.09. The van der Waals surface area contributed by atoms with Crippen LogP contribution in [0.5, 0.6) is 0 Å². The van der Waals surface area contributed by atoms with Gasteiger partial charge in [0.05, 0.1) is 0 Å². The Bertz CT molecular complexity index is 470. The third kappa shape index (κ3) is 10.0. The largest absolute Gasteiger partial charge is 0.396 e. The number of nitrogens with one attached hydrogen (secondary N) is 2. The standard InChI is InChI=1S/C18H35N5O.HI/c1-5-7-16(8-11-24)12-21-18(19-6-2)22-13-17-20-9-10-23(17)14-15(3)4;/h9-10,15-16,24H,5-8,11-14H2,1-4H3,(H2,19,21,22);1H. The summed E-state index contributed by atoms with van der Waals surface area (Å²) in [5.74, 6) is 2.87. The highest BCUT2D eigenvalue weighted by Crippen LogP contribution is 2.09. The molecule has 1 unspecified atom stereocenters. The van der Waals surface area contributed by atoms with E-state index in [1.807, 2.05) is 12.4 Å². The van der Waals surface area contributed by atoms with Crippen LogP contribution in [0.4, 0.5) is 0 Å². The topological polar surface area (TPSA) is 74.5 Å². The van der Waals surface area contributed by atoms with Crippen LogP contribution in [-0.2, 0) is 13.1 Å². The third-order valence-electron chi connectivity index (χ3n) is 3.88. The Morgan fingerprint density at radius 3 is 2.64 bits per heavy atom. The second-order valence-corrected chi connectivity index (χ2v) is 6.63. The van der Waals surface area contributed by atoms with Crippen molar-refractivity contribution in [1.29, 1.82) is 0 Å². The minimum atomic E-state index is 0. The maximum absolute atomic E-state index is 9.18. The molecule has 0 aromatic carbocycles. The number of hydrogen-bond donors (Lipinski definition) is 3. The molecule has 0 radical (unpaired) electrons. The van der Waals surface area contributed by atoms with E-state index in [1.165, 1.54) is 0 Å². The number of aliphatic hydroxyl groups is 1. The molecule has 0 aliphatic rings. The number of aliphatic hydroxyl groups excluding tert-OH is 1. The molecule has 25 heavy (non-hydrogen) atoms. The number of aromatic nitrogens is 2. The van der Waals surface area contributed by atoms with E-state index in [-0.39, 0.29) is 30.6 Å². The van der Waals surface area contributed by atoms with Crippen molar-refractivity contribution in [3.63, 3.8) is 0 Å². The van der Waals surface area contributed by atoms with Crippen LogP contribution in [0.1, 0.15) is 52.8 Å². The molecule has 0 saturated heterocycles. The number of guanidine groups is 1. The van der Waals surface area contributed by atoms with Gasteiger partial charge in [-0.3, -0.25) is 0 Å². The van der Waals surface area contributed by atoms with E-state index < -0.39 is 0 Å². The second kappa shape index (κ2) is 14.4. The SMILES string of the molecule is CCCC(CCO)CNC(=NCc1nccn1CC(C)C)NCC.I. The van der Waals surface area contributed by atoms with Crippen LogP contribution in [0.25, 0.3) is 0 Å². The summed E-state index contributed by atoms with van der Waals surface area (Å²) in [6, 6.07) is 0. The summed E-state index contributed by atoms with van der Waals surface area (Å²) in [6.45, 7) is 12.1. The molecule has 0 aliphatic carbocycles. The van der Waals surface area contributed by atoms with Crippen molar-refractivity contribution >= 4 is 29.9 Å². The van der Waals surface area contributed by atoms with Crippen LogP contribution in [0, 0.1) is 11.8 Å². The minimum absolute atomic E-state index is 0.